The number of carbonyl (C=O) groups excluding carboxylic acids is 1. The Labute approximate surface area is 154 Å². The Kier molecular flexibility index (Phi) is 5.80. The van der Waals surface area contributed by atoms with Gasteiger partial charge in [-0.25, -0.2) is 9.07 Å². The summed E-state index contributed by atoms with van der Waals surface area (Å²) >= 11 is 5.87. The lowest BCUT2D eigenvalue weighted by atomic mass is 10.1. The van der Waals surface area contributed by atoms with Crippen LogP contribution < -0.4 is 10.1 Å². The molecule has 0 aliphatic heterocycles. The molecular weight excluding hydrogens is 359 g/mol. The Bertz CT molecular complexity index is 900. The fraction of sp³-hybridized carbons (Fsp3) is 0.167. The van der Waals surface area contributed by atoms with Crippen molar-refractivity contribution in [1.82, 2.24) is 20.3 Å². The fourth-order valence-corrected chi connectivity index (χ4v) is 2.47. The summed E-state index contributed by atoms with van der Waals surface area (Å²) in [5.74, 6) is 0.00407. The third-order valence-electron chi connectivity index (χ3n) is 3.48. The van der Waals surface area contributed by atoms with Crippen molar-refractivity contribution in [1.29, 1.82) is 0 Å². The number of halogens is 2. The number of nitrogens with one attached hydrogen (secondary N) is 1. The van der Waals surface area contributed by atoms with E-state index in [-0.39, 0.29) is 18.3 Å². The van der Waals surface area contributed by atoms with Gasteiger partial charge in [0.05, 0.1) is 12.7 Å². The number of hydrogen-bond donors (Lipinski definition) is 1. The molecule has 0 unspecified atom stereocenters. The third kappa shape index (κ3) is 4.80. The van der Waals surface area contributed by atoms with Crippen molar-refractivity contribution in [2.75, 3.05) is 13.2 Å². The average Bonchev–Trinajstić information content (AvgIpc) is 3.07. The molecule has 2 aromatic carbocycles. The third-order valence-corrected chi connectivity index (χ3v) is 3.72. The van der Waals surface area contributed by atoms with Gasteiger partial charge in [-0.1, -0.05) is 35.0 Å². The molecule has 26 heavy (non-hydrogen) atoms. The van der Waals surface area contributed by atoms with Crippen LogP contribution in [0, 0.1) is 5.82 Å². The van der Waals surface area contributed by atoms with E-state index in [4.69, 9.17) is 16.3 Å². The van der Waals surface area contributed by atoms with Crippen LogP contribution in [-0.4, -0.2) is 34.1 Å². The Morgan fingerprint density at radius 3 is 2.88 bits per heavy atom. The van der Waals surface area contributed by atoms with E-state index in [1.54, 1.807) is 42.5 Å². The fourth-order valence-electron chi connectivity index (χ4n) is 2.29. The van der Waals surface area contributed by atoms with E-state index in [0.29, 0.717) is 35.2 Å². The highest BCUT2D eigenvalue weighted by Gasteiger charge is 2.10. The minimum absolute atomic E-state index is 0.0153. The van der Waals surface area contributed by atoms with Gasteiger partial charge in [0, 0.05) is 10.6 Å². The number of amides is 1. The van der Waals surface area contributed by atoms with Gasteiger partial charge in [0.1, 0.15) is 30.4 Å². The van der Waals surface area contributed by atoms with Crippen LogP contribution in [0.4, 0.5) is 4.39 Å². The van der Waals surface area contributed by atoms with Crippen LogP contribution in [0.1, 0.15) is 0 Å². The average molecular weight is 375 g/mol. The molecule has 134 valence electrons. The lowest BCUT2D eigenvalue weighted by Crippen LogP contribution is -2.31. The minimum atomic E-state index is -0.387. The lowest BCUT2D eigenvalue weighted by Gasteiger charge is -2.08. The zero-order valence-electron chi connectivity index (χ0n) is 13.7. The quantitative estimate of drug-likeness (QED) is 0.645. The second-order valence-electron chi connectivity index (χ2n) is 5.44. The van der Waals surface area contributed by atoms with Gasteiger partial charge in [0.2, 0.25) is 5.91 Å². The summed E-state index contributed by atoms with van der Waals surface area (Å²) in [5.41, 5.74) is 0.717. The maximum Gasteiger partial charge on any atom is 0.241 e. The molecule has 0 spiro atoms. The Hall–Kier alpha value is -2.93. The van der Waals surface area contributed by atoms with E-state index in [0.717, 1.165) is 0 Å². The number of carbonyl (C=O) groups is 1. The number of rotatable bonds is 7. The largest absolute Gasteiger partial charge is 0.492 e. The van der Waals surface area contributed by atoms with Crippen LogP contribution in [0.25, 0.3) is 11.3 Å². The zero-order valence-corrected chi connectivity index (χ0v) is 14.5. The smallest absolute Gasteiger partial charge is 0.241 e. The first kappa shape index (κ1) is 17.9. The maximum absolute atomic E-state index is 13.7. The van der Waals surface area contributed by atoms with E-state index in [1.807, 2.05) is 0 Å². The van der Waals surface area contributed by atoms with Gasteiger partial charge in [-0.15, -0.1) is 5.10 Å². The first-order chi connectivity index (χ1) is 12.6. The van der Waals surface area contributed by atoms with E-state index in [2.05, 4.69) is 15.6 Å². The maximum atomic E-state index is 13.7. The molecule has 1 N–H and O–H groups in total. The van der Waals surface area contributed by atoms with Crippen molar-refractivity contribution in [3.05, 3.63) is 65.6 Å². The molecule has 1 heterocycles. The highest BCUT2D eigenvalue weighted by molar-refractivity contribution is 6.30. The van der Waals surface area contributed by atoms with Gasteiger partial charge < -0.3 is 10.1 Å². The number of hydrogen-bond acceptors (Lipinski definition) is 4. The number of benzene rings is 2. The van der Waals surface area contributed by atoms with Crippen LogP contribution in [0.3, 0.4) is 0 Å². The van der Waals surface area contributed by atoms with E-state index >= 15 is 0 Å². The van der Waals surface area contributed by atoms with Crippen LogP contribution in [0.2, 0.25) is 5.02 Å². The predicted molar refractivity (Wildman–Crippen MR) is 95.4 cm³/mol. The molecular formula is C18H16ClFN4O2. The molecule has 1 amide bonds. The van der Waals surface area contributed by atoms with Crippen LogP contribution in [0.15, 0.2) is 54.7 Å². The summed E-state index contributed by atoms with van der Waals surface area (Å²) in [4.78, 5) is 11.9. The summed E-state index contributed by atoms with van der Waals surface area (Å²) in [7, 11) is 0. The summed E-state index contributed by atoms with van der Waals surface area (Å²) in [6.07, 6.45) is 1.53. The molecule has 1 aromatic heterocycles. The predicted octanol–water partition coefficient (Wildman–Crippen LogP) is 2.93. The topological polar surface area (TPSA) is 69.0 Å². The van der Waals surface area contributed by atoms with Gasteiger partial charge in [-0.3, -0.25) is 4.79 Å². The molecule has 0 bridgehead atoms. The number of aromatic nitrogens is 3. The van der Waals surface area contributed by atoms with Gasteiger partial charge in [0.25, 0.3) is 0 Å². The molecule has 0 saturated carbocycles. The normalized spacial score (nSPS) is 10.5. The first-order valence-corrected chi connectivity index (χ1v) is 8.30. The Morgan fingerprint density at radius 1 is 1.23 bits per heavy atom. The van der Waals surface area contributed by atoms with Crippen molar-refractivity contribution in [2.45, 2.75) is 6.54 Å². The summed E-state index contributed by atoms with van der Waals surface area (Å²) < 4.78 is 20.6. The molecule has 0 aliphatic carbocycles. The van der Waals surface area contributed by atoms with Gasteiger partial charge in [0.15, 0.2) is 0 Å². The minimum Gasteiger partial charge on any atom is -0.492 e. The summed E-state index contributed by atoms with van der Waals surface area (Å²) in [6.45, 7) is 0.628. The Balaban J connectivity index is 1.46. The molecule has 0 fully saturated rings. The number of ether oxygens (including phenoxy) is 1. The molecule has 3 aromatic rings. The van der Waals surface area contributed by atoms with Crippen molar-refractivity contribution in [3.8, 4) is 17.0 Å². The van der Waals surface area contributed by atoms with Crippen molar-refractivity contribution >= 4 is 17.5 Å². The van der Waals surface area contributed by atoms with E-state index < -0.39 is 0 Å². The highest BCUT2D eigenvalue weighted by Crippen LogP contribution is 2.19. The Morgan fingerprint density at radius 2 is 2.08 bits per heavy atom. The van der Waals surface area contributed by atoms with Crippen LogP contribution in [-0.2, 0) is 11.3 Å². The van der Waals surface area contributed by atoms with Gasteiger partial charge in [-0.05, 0) is 30.3 Å². The SMILES string of the molecule is O=C(Cn1cc(-c2ccccc2F)nn1)NCCOc1cccc(Cl)c1. The summed E-state index contributed by atoms with van der Waals surface area (Å²) in [5, 5.41) is 11.1. The highest BCUT2D eigenvalue weighted by atomic mass is 35.5. The molecule has 0 atom stereocenters. The standard InChI is InChI=1S/C18H16ClFN4O2/c19-13-4-3-5-14(10-13)26-9-8-21-18(25)12-24-11-17(22-23-24)15-6-1-2-7-16(15)20/h1-7,10-11H,8-9,12H2,(H,21,25). The first-order valence-electron chi connectivity index (χ1n) is 7.92. The molecule has 0 radical (unpaired) electrons. The molecule has 0 saturated heterocycles. The van der Waals surface area contributed by atoms with E-state index in [1.165, 1.54) is 16.9 Å². The molecule has 6 nitrogen and oxygen atoms in total. The van der Waals surface area contributed by atoms with Crippen molar-refractivity contribution in [2.24, 2.45) is 0 Å². The second-order valence-corrected chi connectivity index (χ2v) is 5.87. The lowest BCUT2D eigenvalue weighted by molar-refractivity contribution is -0.121. The van der Waals surface area contributed by atoms with E-state index in [9.17, 15) is 9.18 Å². The van der Waals surface area contributed by atoms with Crippen LogP contribution in [0.5, 0.6) is 5.75 Å². The van der Waals surface area contributed by atoms with Gasteiger partial charge in [-0.2, -0.15) is 0 Å². The molecule has 0 aliphatic rings. The molecule has 3 rings (SSSR count). The van der Waals surface area contributed by atoms with Crippen molar-refractivity contribution in [3.63, 3.8) is 0 Å². The molecule has 8 heteroatoms. The van der Waals surface area contributed by atoms with Crippen molar-refractivity contribution < 1.29 is 13.9 Å². The zero-order chi connectivity index (χ0) is 18.4. The summed E-state index contributed by atoms with van der Waals surface area (Å²) in [6, 6.07) is 13.3. The van der Waals surface area contributed by atoms with Crippen LogP contribution >= 0.6 is 11.6 Å². The number of nitrogens with zero attached hydrogens (tertiary/aromatic N) is 3. The monoisotopic (exact) mass is 374 g/mol. The second kappa shape index (κ2) is 8.44. The van der Waals surface area contributed by atoms with Gasteiger partial charge >= 0.3 is 0 Å².